The van der Waals surface area contributed by atoms with Gasteiger partial charge in [-0.1, -0.05) is 41.9 Å². The topological polar surface area (TPSA) is 29.3 Å². The average Bonchev–Trinajstić information content (AvgIpc) is 2.42. The predicted octanol–water partition coefficient (Wildman–Crippen LogP) is 3.96. The molecule has 0 spiro atoms. The van der Waals surface area contributed by atoms with Crippen LogP contribution < -0.4 is 5.73 Å². The molecule has 1 saturated heterocycles. The second-order valence-electron chi connectivity index (χ2n) is 5.64. The lowest BCUT2D eigenvalue weighted by Gasteiger charge is -2.44. The minimum absolute atomic E-state index is 0.504. The molecule has 2 rings (SSSR count). The van der Waals surface area contributed by atoms with Gasteiger partial charge in [-0.2, -0.15) is 0 Å². The third kappa shape index (κ3) is 3.39. The number of rotatable bonds is 4. The van der Waals surface area contributed by atoms with Crippen molar-refractivity contribution in [2.45, 2.75) is 45.2 Å². The van der Waals surface area contributed by atoms with Crippen LogP contribution in [0.4, 0.5) is 0 Å². The van der Waals surface area contributed by atoms with E-state index in [1.165, 1.54) is 24.9 Å². The zero-order chi connectivity index (χ0) is 13.8. The van der Waals surface area contributed by atoms with Crippen molar-refractivity contribution in [3.05, 3.63) is 34.3 Å². The van der Waals surface area contributed by atoms with E-state index in [9.17, 15) is 0 Å². The standard InChI is InChI=1S/C16H25BrN2/c1-3-15(13-6-8-14(17)9-7-13)19-10-4-5-12(2)16(19)11-18/h6-9,12,15-16H,3-5,10-11,18H2,1-2H3. The van der Waals surface area contributed by atoms with Crippen LogP contribution in [0.2, 0.25) is 0 Å². The maximum Gasteiger partial charge on any atom is 0.0349 e. The van der Waals surface area contributed by atoms with E-state index in [2.05, 4.69) is 58.9 Å². The molecule has 19 heavy (non-hydrogen) atoms. The maximum absolute atomic E-state index is 6.03. The fourth-order valence-electron chi connectivity index (χ4n) is 3.38. The molecule has 2 N–H and O–H groups in total. The first-order chi connectivity index (χ1) is 9.17. The van der Waals surface area contributed by atoms with Gasteiger partial charge >= 0.3 is 0 Å². The number of nitrogens with zero attached hydrogens (tertiary/aromatic N) is 1. The van der Waals surface area contributed by atoms with Crippen LogP contribution in [0.3, 0.4) is 0 Å². The van der Waals surface area contributed by atoms with Gasteiger partial charge in [0, 0.05) is 23.1 Å². The molecule has 1 aromatic carbocycles. The molecule has 1 aliphatic heterocycles. The molecular weight excluding hydrogens is 300 g/mol. The number of hydrogen-bond acceptors (Lipinski definition) is 2. The Morgan fingerprint density at radius 3 is 2.63 bits per heavy atom. The summed E-state index contributed by atoms with van der Waals surface area (Å²) in [4.78, 5) is 2.64. The Morgan fingerprint density at radius 2 is 2.05 bits per heavy atom. The summed E-state index contributed by atoms with van der Waals surface area (Å²) in [7, 11) is 0. The van der Waals surface area contributed by atoms with E-state index in [1.54, 1.807) is 0 Å². The van der Waals surface area contributed by atoms with E-state index >= 15 is 0 Å². The Labute approximate surface area is 125 Å². The molecule has 1 aromatic rings. The Kier molecular flexibility index (Phi) is 5.43. The van der Waals surface area contributed by atoms with E-state index < -0.39 is 0 Å². The second-order valence-corrected chi connectivity index (χ2v) is 6.55. The number of likely N-dealkylation sites (tertiary alicyclic amines) is 1. The SMILES string of the molecule is CCC(c1ccc(Br)cc1)N1CCCC(C)C1CN. The molecule has 3 heteroatoms. The number of benzene rings is 1. The lowest BCUT2D eigenvalue weighted by molar-refractivity contribution is 0.0595. The second kappa shape index (κ2) is 6.87. The van der Waals surface area contributed by atoms with E-state index in [1.807, 2.05) is 0 Å². The molecule has 0 radical (unpaired) electrons. The first kappa shape index (κ1) is 15.0. The molecule has 0 saturated carbocycles. The van der Waals surface area contributed by atoms with Crippen molar-refractivity contribution in [3.63, 3.8) is 0 Å². The lowest BCUT2D eigenvalue weighted by Crippen LogP contribution is -2.49. The monoisotopic (exact) mass is 324 g/mol. The average molecular weight is 325 g/mol. The van der Waals surface area contributed by atoms with Crippen LogP contribution in [0.1, 0.15) is 44.7 Å². The summed E-state index contributed by atoms with van der Waals surface area (Å²) in [5.41, 5.74) is 7.44. The number of hydrogen-bond donors (Lipinski definition) is 1. The summed E-state index contributed by atoms with van der Waals surface area (Å²) in [6.07, 6.45) is 3.75. The summed E-state index contributed by atoms with van der Waals surface area (Å²) in [6, 6.07) is 9.80. The van der Waals surface area contributed by atoms with E-state index in [0.29, 0.717) is 18.0 Å². The summed E-state index contributed by atoms with van der Waals surface area (Å²) < 4.78 is 1.15. The van der Waals surface area contributed by atoms with Gasteiger partial charge in [-0.3, -0.25) is 4.90 Å². The summed E-state index contributed by atoms with van der Waals surface area (Å²) in [5, 5.41) is 0. The zero-order valence-corrected chi connectivity index (χ0v) is 13.6. The molecule has 0 aliphatic carbocycles. The van der Waals surface area contributed by atoms with Crippen molar-refractivity contribution in [1.82, 2.24) is 4.90 Å². The van der Waals surface area contributed by atoms with Gasteiger partial charge in [-0.05, 0) is 49.4 Å². The van der Waals surface area contributed by atoms with Crippen LogP contribution in [-0.4, -0.2) is 24.0 Å². The minimum atomic E-state index is 0.504. The maximum atomic E-state index is 6.03. The molecule has 106 valence electrons. The first-order valence-electron chi connectivity index (χ1n) is 7.38. The quantitative estimate of drug-likeness (QED) is 0.908. The molecule has 0 bridgehead atoms. The minimum Gasteiger partial charge on any atom is -0.329 e. The Balaban J connectivity index is 2.22. The molecule has 2 nitrogen and oxygen atoms in total. The molecule has 1 heterocycles. The summed E-state index contributed by atoms with van der Waals surface area (Å²) >= 11 is 3.51. The van der Waals surface area contributed by atoms with Crippen molar-refractivity contribution >= 4 is 15.9 Å². The first-order valence-corrected chi connectivity index (χ1v) is 8.18. The number of nitrogens with two attached hydrogens (primary N) is 1. The van der Waals surface area contributed by atoms with Crippen molar-refractivity contribution in [2.75, 3.05) is 13.1 Å². The van der Waals surface area contributed by atoms with Crippen LogP contribution in [0.15, 0.2) is 28.7 Å². The molecule has 1 aliphatic rings. The van der Waals surface area contributed by atoms with Crippen molar-refractivity contribution in [1.29, 1.82) is 0 Å². The fraction of sp³-hybridized carbons (Fsp3) is 0.625. The molecule has 3 unspecified atom stereocenters. The molecule has 0 amide bonds. The molecule has 3 atom stereocenters. The third-order valence-electron chi connectivity index (χ3n) is 4.44. The van der Waals surface area contributed by atoms with Gasteiger partial charge in [0.05, 0.1) is 0 Å². The predicted molar refractivity (Wildman–Crippen MR) is 85.1 cm³/mol. The lowest BCUT2D eigenvalue weighted by atomic mass is 9.87. The van der Waals surface area contributed by atoms with Crippen molar-refractivity contribution in [2.24, 2.45) is 11.7 Å². The molecule has 1 fully saturated rings. The fourth-order valence-corrected chi connectivity index (χ4v) is 3.65. The highest BCUT2D eigenvalue weighted by molar-refractivity contribution is 9.10. The van der Waals surface area contributed by atoms with Crippen LogP contribution in [0.25, 0.3) is 0 Å². The Hall–Kier alpha value is -0.380. The Morgan fingerprint density at radius 1 is 1.37 bits per heavy atom. The summed E-state index contributed by atoms with van der Waals surface area (Å²) in [6.45, 7) is 6.58. The van der Waals surface area contributed by atoms with Gasteiger partial charge in [0.1, 0.15) is 0 Å². The largest absolute Gasteiger partial charge is 0.329 e. The van der Waals surface area contributed by atoms with E-state index in [-0.39, 0.29) is 0 Å². The van der Waals surface area contributed by atoms with Crippen LogP contribution in [0, 0.1) is 5.92 Å². The molecule has 0 aromatic heterocycles. The van der Waals surface area contributed by atoms with Gasteiger partial charge in [-0.15, -0.1) is 0 Å². The normalized spacial score (nSPS) is 26.3. The molecular formula is C16H25BrN2. The van der Waals surface area contributed by atoms with Gasteiger partial charge in [0.2, 0.25) is 0 Å². The van der Waals surface area contributed by atoms with Gasteiger partial charge in [0.25, 0.3) is 0 Å². The van der Waals surface area contributed by atoms with E-state index in [0.717, 1.165) is 17.4 Å². The van der Waals surface area contributed by atoms with Crippen molar-refractivity contribution < 1.29 is 0 Å². The highest BCUT2D eigenvalue weighted by atomic mass is 79.9. The number of halogens is 1. The van der Waals surface area contributed by atoms with Gasteiger partial charge < -0.3 is 5.73 Å². The smallest absolute Gasteiger partial charge is 0.0349 e. The van der Waals surface area contributed by atoms with Crippen LogP contribution in [-0.2, 0) is 0 Å². The summed E-state index contributed by atoms with van der Waals surface area (Å²) in [5.74, 6) is 0.711. The van der Waals surface area contributed by atoms with Crippen molar-refractivity contribution in [3.8, 4) is 0 Å². The van der Waals surface area contributed by atoms with E-state index in [4.69, 9.17) is 5.73 Å². The Bertz CT molecular complexity index is 390. The van der Waals surface area contributed by atoms with Crippen LogP contribution in [0.5, 0.6) is 0 Å². The third-order valence-corrected chi connectivity index (χ3v) is 4.97. The zero-order valence-electron chi connectivity index (χ0n) is 12.0. The highest BCUT2D eigenvalue weighted by Crippen LogP contribution is 2.33. The van der Waals surface area contributed by atoms with Gasteiger partial charge in [-0.25, -0.2) is 0 Å². The van der Waals surface area contributed by atoms with Gasteiger partial charge in [0.15, 0.2) is 0 Å². The van der Waals surface area contributed by atoms with Crippen LogP contribution >= 0.6 is 15.9 Å². The number of piperidine rings is 1. The highest BCUT2D eigenvalue weighted by Gasteiger charge is 2.32.